The van der Waals surface area contributed by atoms with Gasteiger partial charge in [-0.15, -0.1) is 0 Å². The molecular formula is C10H15N5O. The van der Waals surface area contributed by atoms with E-state index >= 15 is 0 Å². The first kappa shape index (κ1) is 10.7. The van der Waals surface area contributed by atoms with Crippen LogP contribution in [0.5, 0.6) is 0 Å². The predicted molar refractivity (Wildman–Crippen MR) is 60.9 cm³/mol. The Morgan fingerprint density at radius 1 is 1.44 bits per heavy atom. The summed E-state index contributed by atoms with van der Waals surface area (Å²) in [5, 5.41) is 0. The summed E-state index contributed by atoms with van der Waals surface area (Å²) in [6, 6.07) is 0. The maximum atomic E-state index is 11.7. The van der Waals surface area contributed by atoms with Crippen molar-refractivity contribution in [2.45, 2.75) is 6.42 Å². The van der Waals surface area contributed by atoms with Crippen LogP contribution in [0.15, 0.2) is 12.5 Å². The zero-order valence-corrected chi connectivity index (χ0v) is 9.26. The molecule has 1 aromatic rings. The second-order valence-electron chi connectivity index (χ2n) is 3.89. The number of carbonyl (C=O) groups is 1. The molecule has 1 saturated heterocycles. The van der Waals surface area contributed by atoms with Gasteiger partial charge in [-0.25, -0.2) is 9.97 Å². The number of nitrogen functional groups attached to an aromatic ring is 1. The van der Waals surface area contributed by atoms with Crippen molar-refractivity contribution >= 4 is 17.4 Å². The van der Waals surface area contributed by atoms with Gasteiger partial charge in [0.05, 0.1) is 18.4 Å². The lowest BCUT2D eigenvalue weighted by atomic mass is 10.3. The number of aromatic nitrogens is 2. The molecule has 0 spiro atoms. The number of likely N-dealkylation sites (N-methyl/N-ethyl adjacent to an activating group) is 1. The van der Waals surface area contributed by atoms with Crippen LogP contribution in [-0.4, -0.2) is 47.5 Å². The van der Waals surface area contributed by atoms with Gasteiger partial charge in [0.25, 0.3) is 0 Å². The summed E-state index contributed by atoms with van der Waals surface area (Å²) >= 11 is 0. The molecule has 0 atom stereocenters. The monoisotopic (exact) mass is 221 g/mol. The highest BCUT2D eigenvalue weighted by Gasteiger charge is 2.21. The van der Waals surface area contributed by atoms with E-state index in [1.54, 1.807) is 11.1 Å². The molecule has 2 N–H and O–H groups in total. The minimum absolute atomic E-state index is 0.0931. The molecule has 1 amide bonds. The van der Waals surface area contributed by atoms with Crippen LogP contribution in [-0.2, 0) is 4.79 Å². The summed E-state index contributed by atoms with van der Waals surface area (Å²) in [6.45, 7) is 1.90. The lowest BCUT2D eigenvalue weighted by Crippen LogP contribution is -2.35. The number of anilines is 2. The minimum atomic E-state index is 0.0931. The van der Waals surface area contributed by atoms with Crippen LogP contribution < -0.4 is 10.6 Å². The Morgan fingerprint density at radius 3 is 3.00 bits per heavy atom. The van der Waals surface area contributed by atoms with Crippen LogP contribution in [0, 0.1) is 0 Å². The summed E-state index contributed by atoms with van der Waals surface area (Å²) < 4.78 is 0. The van der Waals surface area contributed by atoms with Crippen molar-refractivity contribution in [3.8, 4) is 0 Å². The summed E-state index contributed by atoms with van der Waals surface area (Å²) in [6.07, 6.45) is 3.93. The van der Waals surface area contributed by atoms with Crippen molar-refractivity contribution in [3.05, 3.63) is 12.5 Å². The molecule has 2 heterocycles. The van der Waals surface area contributed by atoms with E-state index in [0.29, 0.717) is 18.1 Å². The van der Waals surface area contributed by atoms with E-state index in [9.17, 15) is 4.79 Å². The molecule has 0 saturated carbocycles. The molecule has 1 aliphatic rings. The van der Waals surface area contributed by atoms with E-state index in [2.05, 4.69) is 9.97 Å². The van der Waals surface area contributed by atoms with Crippen molar-refractivity contribution in [1.82, 2.24) is 14.9 Å². The summed E-state index contributed by atoms with van der Waals surface area (Å²) in [4.78, 5) is 23.3. The highest BCUT2D eigenvalue weighted by atomic mass is 16.2. The molecule has 1 fully saturated rings. The molecule has 0 bridgehead atoms. The highest BCUT2D eigenvalue weighted by Crippen LogP contribution is 2.19. The number of hydrogen-bond acceptors (Lipinski definition) is 5. The molecule has 0 aromatic carbocycles. The van der Waals surface area contributed by atoms with Crippen LogP contribution >= 0.6 is 0 Å². The van der Waals surface area contributed by atoms with Crippen molar-refractivity contribution in [2.24, 2.45) is 0 Å². The number of nitrogens with two attached hydrogens (primary N) is 1. The van der Waals surface area contributed by atoms with E-state index in [-0.39, 0.29) is 5.91 Å². The summed E-state index contributed by atoms with van der Waals surface area (Å²) in [5.74, 6) is 0.745. The van der Waals surface area contributed by atoms with Crippen LogP contribution in [0.1, 0.15) is 6.42 Å². The van der Waals surface area contributed by atoms with Gasteiger partial charge in [-0.3, -0.25) is 4.79 Å². The number of amides is 1. The lowest BCUT2D eigenvalue weighted by molar-refractivity contribution is -0.127. The third-order valence-electron chi connectivity index (χ3n) is 2.69. The van der Waals surface area contributed by atoms with Gasteiger partial charge in [0.1, 0.15) is 6.33 Å². The Bertz CT molecular complexity index is 395. The van der Waals surface area contributed by atoms with Crippen LogP contribution in [0.4, 0.5) is 11.5 Å². The molecule has 0 aliphatic carbocycles. The molecule has 2 rings (SSSR count). The number of hydrogen-bond donors (Lipinski definition) is 1. The maximum absolute atomic E-state index is 11.7. The van der Waals surface area contributed by atoms with Gasteiger partial charge in [0, 0.05) is 20.1 Å². The Labute approximate surface area is 94.1 Å². The van der Waals surface area contributed by atoms with Crippen molar-refractivity contribution in [3.63, 3.8) is 0 Å². The van der Waals surface area contributed by atoms with Crippen LogP contribution in [0.3, 0.4) is 0 Å². The molecule has 6 nitrogen and oxygen atoms in total. The molecule has 86 valence electrons. The molecule has 0 unspecified atom stereocenters. The van der Waals surface area contributed by atoms with Crippen LogP contribution in [0.25, 0.3) is 0 Å². The molecule has 0 radical (unpaired) electrons. The van der Waals surface area contributed by atoms with Crippen molar-refractivity contribution in [2.75, 3.05) is 37.3 Å². The Balaban J connectivity index is 2.21. The van der Waals surface area contributed by atoms with Gasteiger partial charge in [0.2, 0.25) is 5.91 Å². The van der Waals surface area contributed by atoms with E-state index in [4.69, 9.17) is 5.73 Å². The van der Waals surface area contributed by atoms with Gasteiger partial charge < -0.3 is 15.5 Å². The highest BCUT2D eigenvalue weighted by molar-refractivity contribution is 5.82. The van der Waals surface area contributed by atoms with E-state index < -0.39 is 0 Å². The van der Waals surface area contributed by atoms with Gasteiger partial charge in [-0.1, -0.05) is 0 Å². The zero-order chi connectivity index (χ0) is 11.5. The average molecular weight is 221 g/mol. The molecule has 1 aromatic heterocycles. The number of carbonyl (C=O) groups excluding carboxylic acids is 1. The molecule has 1 aliphatic heterocycles. The normalized spacial score (nSPS) is 17.4. The second-order valence-corrected chi connectivity index (χ2v) is 3.89. The van der Waals surface area contributed by atoms with Crippen molar-refractivity contribution in [1.29, 1.82) is 0 Å². The smallest absolute Gasteiger partial charge is 0.241 e. The fourth-order valence-corrected chi connectivity index (χ4v) is 1.77. The fourth-order valence-electron chi connectivity index (χ4n) is 1.77. The summed E-state index contributed by atoms with van der Waals surface area (Å²) in [5.41, 5.74) is 6.30. The second kappa shape index (κ2) is 4.34. The zero-order valence-electron chi connectivity index (χ0n) is 9.26. The number of rotatable bonds is 1. The largest absolute Gasteiger partial charge is 0.394 e. The molecular weight excluding hydrogens is 206 g/mol. The van der Waals surface area contributed by atoms with Gasteiger partial charge in [-0.05, 0) is 6.42 Å². The van der Waals surface area contributed by atoms with E-state index in [1.807, 2.05) is 11.9 Å². The Hall–Kier alpha value is -1.85. The first-order chi connectivity index (χ1) is 7.68. The quantitative estimate of drug-likeness (QED) is 0.706. The predicted octanol–water partition coefficient (Wildman–Crippen LogP) is -0.273. The maximum Gasteiger partial charge on any atom is 0.241 e. The number of nitrogens with zero attached hydrogens (tertiary/aromatic N) is 4. The average Bonchev–Trinajstić information content (AvgIpc) is 2.43. The van der Waals surface area contributed by atoms with Gasteiger partial charge in [-0.2, -0.15) is 0 Å². The van der Waals surface area contributed by atoms with Crippen LogP contribution in [0.2, 0.25) is 0 Å². The van der Waals surface area contributed by atoms with E-state index in [1.165, 1.54) is 6.33 Å². The first-order valence-corrected chi connectivity index (χ1v) is 5.23. The third kappa shape index (κ3) is 2.05. The first-order valence-electron chi connectivity index (χ1n) is 5.23. The SMILES string of the molecule is CN1CCCN(c2ncncc2N)CC1=O. The minimum Gasteiger partial charge on any atom is -0.394 e. The Kier molecular flexibility index (Phi) is 2.89. The molecule has 6 heteroatoms. The molecule has 16 heavy (non-hydrogen) atoms. The summed E-state index contributed by atoms with van der Waals surface area (Å²) in [7, 11) is 1.81. The standard InChI is InChI=1S/C10H15N5O/c1-14-3-2-4-15(6-9(14)16)10-8(11)5-12-7-13-10/h5,7H,2-4,6,11H2,1H3. The third-order valence-corrected chi connectivity index (χ3v) is 2.69. The fraction of sp³-hybridized carbons (Fsp3) is 0.500. The lowest BCUT2D eigenvalue weighted by Gasteiger charge is -2.21. The van der Waals surface area contributed by atoms with Gasteiger partial charge in [0.15, 0.2) is 5.82 Å². The van der Waals surface area contributed by atoms with E-state index in [0.717, 1.165) is 19.5 Å². The van der Waals surface area contributed by atoms with Crippen molar-refractivity contribution < 1.29 is 4.79 Å². The van der Waals surface area contributed by atoms with Gasteiger partial charge >= 0.3 is 0 Å². The Morgan fingerprint density at radius 2 is 2.25 bits per heavy atom. The topological polar surface area (TPSA) is 75.3 Å².